The molecule has 0 amide bonds. The van der Waals surface area contributed by atoms with Gasteiger partial charge in [0.2, 0.25) is 0 Å². The number of aryl methyl sites for hydroxylation is 1. The molecule has 1 fully saturated rings. The smallest absolute Gasteiger partial charge is 0.324 e. The van der Waals surface area contributed by atoms with Crippen molar-refractivity contribution in [2.75, 3.05) is 6.54 Å². The molecule has 1 atom stereocenters. The lowest BCUT2D eigenvalue weighted by atomic mass is 9.91. The number of aliphatic carboxylic acids is 1. The largest absolute Gasteiger partial charge is 0.489 e. The van der Waals surface area contributed by atoms with Crippen LogP contribution in [0.5, 0.6) is 5.75 Å². The van der Waals surface area contributed by atoms with E-state index in [0.29, 0.717) is 26.0 Å². The van der Waals surface area contributed by atoms with Crippen molar-refractivity contribution in [1.82, 2.24) is 4.90 Å². The van der Waals surface area contributed by atoms with E-state index in [0.717, 1.165) is 35.4 Å². The van der Waals surface area contributed by atoms with Crippen LogP contribution in [0.1, 0.15) is 41.5 Å². The molecule has 1 unspecified atom stereocenters. The van der Waals surface area contributed by atoms with Crippen molar-refractivity contribution in [2.24, 2.45) is 0 Å². The van der Waals surface area contributed by atoms with Crippen molar-refractivity contribution >= 4 is 5.97 Å². The highest BCUT2D eigenvalue weighted by Gasteiger charge is 2.46. The first-order valence-corrected chi connectivity index (χ1v) is 11.9. The zero-order valence-corrected chi connectivity index (χ0v) is 20.1. The van der Waals surface area contributed by atoms with Gasteiger partial charge in [-0.05, 0) is 79.1 Å². The summed E-state index contributed by atoms with van der Waals surface area (Å²) in [4.78, 5) is 14.2. The van der Waals surface area contributed by atoms with Crippen molar-refractivity contribution in [1.29, 1.82) is 0 Å². The SMILES string of the molecule is C=CCC1(C(=O)O)CCCN1Cc1ccc(OCc2cccc(-c3ccccc3)c2C)c(C)c1. The topological polar surface area (TPSA) is 49.8 Å². The number of ether oxygens (including phenoxy) is 1. The van der Waals surface area contributed by atoms with Crippen LogP contribution in [-0.2, 0) is 17.9 Å². The summed E-state index contributed by atoms with van der Waals surface area (Å²) >= 11 is 0. The van der Waals surface area contributed by atoms with Crippen molar-refractivity contribution in [2.45, 2.75) is 51.8 Å². The van der Waals surface area contributed by atoms with Gasteiger partial charge in [0.15, 0.2) is 0 Å². The number of carboxylic acid groups (broad SMARTS) is 1. The Morgan fingerprint density at radius 1 is 1.12 bits per heavy atom. The van der Waals surface area contributed by atoms with Crippen LogP contribution in [0, 0.1) is 13.8 Å². The van der Waals surface area contributed by atoms with Gasteiger partial charge >= 0.3 is 5.97 Å². The third-order valence-electron chi connectivity index (χ3n) is 7.03. The van der Waals surface area contributed by atoms with E-state index in [4.69, 9.17) is 4.74 Å². The normalized spacial score (nSPS) is 18.1. The summed E-state index contributed by atoms with van der Waals surface area (Å²) in [7, 11) is 0. The molecule has 4 nitrogen and oxygen atoms in total. The van der Waals surface area contributed by atoms with Crippen LogP contribution in [-0.4, -0.2) is 28.1 Å². The van der Waals surface area contributed by atoms with Crippen LogP contribution in [0.15, 0.2) is 79.4 Å². The van der Waals surface area contributed by atoms with E-state index in [2.05, 4.69) is 73.0 Å². The third-order valence-corrected chi connectivity index (χ3v) is 7.03. The van der Waals surface area contributed by atoms with E-state index >= 15 is 0 Å². The lowest BCUT2D eigenvalue weighted by Gasteiger charge is -2.34. The summed E-state index contributed by atoms with van der Waals surface area (Å²) in [6.45, 7) is 9.87. The van der Waals surface area contributed by atoms with Gasteiger partial charge < -0.3 is 9.84 Å². The Labute approximate surface area is 202 Å². The zero-order chi connectivity index (χ0) is 24.1. The molecule has 1 heterocycles. The molecule has 0 bridgehead atoms. The van der Waals surface area contributed by atoms with Crippen LogP contribution >= 0.6 is 0 Å². The summed E-state index contributed by atoms with van der Waals surface area (Å²) in [5, 5.41) is 9.93. The van der Waals surface area contributed by atoms with Crippen LogP contribution < -0.4 is 4.74 Å². The maximum Gasteiger partial charge on any atom is 0.324 e. The van der Waals surface area contributed by atoms with E-state index < -0.39 is 11.5 Å². The number of rotatable bonds is 9. The van der Waals surface area contributed by atoms with Crippen molar-refractivity contribution in [3.8, 4) is 16.9 Å². The molecule has 3 aromatic rings. The molecule has 0 aromatic heterocycles. The van der Waals surface area contributed by atoms with Crippen molar-refractivity contribution in [3.63, 3.8) is 0 Å². The summed E-state index contributed by atoms with van der Waals surface area (Å²) in [6, 6.07) is 22.9. The summed E-state index contributed by atoms with van der Waals surface area (Å²) in [6.07, 6.45) is 3.74. The summed E-state index contributed by atoms with van der Waals surface area (Å²) in [5.41, 5.74) is 6.13. The molecule has 176 valence electrons. The van der Waals surface area contributed by atoms with Gasteiger partial charge in [0.05, 0.1) is 0 Å². The lowest BCUT2D eigenvalue weighted by Crippen LogP contribution is -2.49. The van der Waals surface area contributed by atoms with Gasteiger partial charge in [-0.2, -0.15) is 0 Å². The predicted octanol–water partition coefficient (Wildman–Crippen LogP) is 6.54. The fraction of sp³-hybridized carbons (Fsp3) is 0.300. The first-order valence-electron chi connectivity index (χ1n) is 11.9. The molecular formula is C30H33NO3. The second-order valence-electron chi connectivity index (χ2n) is 9.20. The minimum Gasteiger partial charge on any atom is -0.489 e. The molecule has 0 aliphatic carbocycles. The third kappa shape index (κ3) is 4.78. The molecule has 1 aliphatic heterocycles. The van der Waals surface area contributed by atoms with Gasteiger partial charge in [0, 0.05) is 6.54 Å². The molecule has 1 N–H and O–H groups in total. The number of carboxylic acids is 1. The van der Waals surface area contributed by atoms with E-state index in [9.17, 15) is 9.90 Å². The Balaban J connectivity index is 1.47. The van der Waals surface area contributed by atoms with Gasteiger partial charge in [0.25, 0.3) is 0 Å². The van der Waals surface area contributed by atoms with Crippen molar-refractivity contribution in [3.05, 3.63) is 102 Å². The standard InChI is InChI=1S/C30H33NO3/c1-4-16-30(29(32)33)17-9-18-31(30)20-24-14-15-28(22(2)19-24)34-21-26-12-8-13-27(23(26)3)25-10-6-5-7-11-25/h4-8,10-15,19H,1,9,16-18,20-21H2,2-3H3,(H,32,33). The molecule has 4 rings (SSSR count). The Morgan fingerprint density at radius 2 is 1.91 bits per heavy atom. The van der Waals surface area contributed by atoms with Gasteiger partial charge in [-0.15, -0.1) is 6.58 Å². The predicted molar refractivity (Wildman–Crippen MR) is 137 cm³/mol. The highest BCUT2D eigenvalue weighted by atomic mass is 16.5. The Kier molecular flexibility index (Phi) is 7.18. The highest BCUT2D eigenvalue weighted by Crippen LogP contribution is 2.35. The Morgan fingerprint density at radius 3 is 2.62 bits per heavy atom. The average Bonchev–Trinajstić information content (AvgIpc) is 3.23. The van der Waals surface area contributed by atoms with Gasteiger partial charge in [-0.1, -0.05) is 66.7 Å². The summed E-state index contributed by atoms with van der Waals surface area (Å²) < 4.78 is 6.22. The molecule has 0 radical (unpaired) electrons. The second-order valence-corrected chi connectivity index (χ2v) is 9.20. The number of carbonyl (C=O) groups is 1. The fourth-order valence-electron chi connectivity index (χ4n) is 5.08. The monoisotopic (exact) mass is 455 g/mol. The number of hydrogen-bond acceptors (Lipinski definition) is 3. The lowest BCUT2D eigenvalue weighted by molar-refractivity contribution is -0.150. The van der Waals surface area contributed by atoms with E-state index in [-0.39, 0.29) is 0 Å². The zero-order valence-electron chi connectivity index (χ0n) is 20.1. The van der Waals surface area contributed by atoms with E-state index in [1.165, 1.54) is 16.7 Å². The molecular weight excluding hydrogens is 422 g/mol. The number of nitrogens with zero attached hydrogens (tertiary/aromatic N) is 1. The van der Waals surface area contributed by atoms with Crippen LogP contribution in [0.25, 0.3) is 11.1 Å². The molecule has 1 aliphatic rings. The Bertz CT molecular complexity index is 1170. The fourth-order valence-corrected chi connectivity index (χ4v) is 5.08. The van der Waals surface area contributed by atoms with Crippen LogP contribution in [0.4, 0.5) is 0 Å². The van der Waals surface area contributed by atoms with Crippen LogP contribution in [0.2, 0.25) is 0 Å². The minimum atomic E-state index is -0.841. The highest BCUT2D eigenvalue weighted by molar-refractivity contribution is 5.79. The van der Waals surface area contributed by atoms with E-state index in [1.54, 1.807) is 6.08 Å². The average molecular weight is 456 g/mol. The molecule has 1 saturated heterocycles. The molecule has 0 saturated carbocycles. The maximum atomic E-state index is 12.1. The molecule has 3 aromatic carbocycles. The number of likely N-dealkylation sites (tertiary alicyclic amines) is 1. The molecule has 34 heavy (non-hydrogen) atoms. The van der Waals surface area contributed by atoms with Gasteiger partial charge in [0.1, 0.15) is 17.9 Å². The first-order chi connectivity index (χ1) is 16.4. The van der Waals surface area contributed by atoms with Crippen molar-refractivity contribution < 1.29 is 14.6 Å². The second kappa shape index (κ2) is 10.3. The Hall–Kier alpha value is -3.37. The quantitative estimate of drug-likeness (QED) is 0.372. The number of benzene rings is 3. The van der Waals surface area contributed by atoms with Gasteiger partial charge in [-0.25, -0.2) is 0 Å². The first kappa shape index (κ1) is 23.8. The maximum absolute atomic E-state index is 12.1. The van der Waals surface area contributed by atoms with E-state index in [1.807, 2.05) is 19.1 Å². The number of hydrogen-bond donors (Lipinski definition) is 1. The van der Waals surface area contributed by atoms with Gasteiger partial charge in [-0.3, -0.25) is 9.69 Å². The molecule has 0 spiro atoms. The molecule has 4 heteroatoms. The van der Waals surface area contributed by atoms with Crippen LogP contribution in [0.3, 0.4) is 0 Å². The minimum absolute atomic E-state index is 0.462. The summed E-state index contributed by atoms with van der Waals surface area (Å²) in [5.74, 6) is 0.0972.